The van der Waals surface area contributed by atoms with Crippen molar-refractivity contribution in [2.45, 2.75) is 52.3 Å². The maximum atomic E-state index is 12.2. The van der Waals surface area contributed by atoms with Crippen LogP contribution in [-0.4, -0.2) is 26.2 Å². The highest BCUT2D eigenvalue weighted by Gasteiger charge is 2.31. The fourth-order valence-electron chi connectivity index (χ4n) is 3.81. The van der Waals surface area contributed by atoms with Crippen LogP contribution in [0.1, 0.15) is 50.7 Å². The molecule has 0 unspecified atom stereocenters. The van der Waals surface area contributed by atoms with Crippen LogP contribution in [0.4, 0.5) is 18.9 Å². The van der Waals surface area contributed by atoms with E-state index in [9.17, 15) is 13.2 Å². The monoisotopic (exact) mass is 555 g/mol. The molecular formula is C29H32F3N5OS. The number of nitrogens with two attached hydrogens (primary N) is 1. The van der Waals surface area contributed by atoms with Crippen molar-refractivity contribution in [1.29, 1.82) is 0 Å². The molecule has 0 aliphatic heterocycles. The number of aryl methyl sites for hydroxylation is 1. The Kier molecular flexibility index (Phi) is 10.4. The first-order valence-electron chi connectivity index (χ1n) is 12.6. The van der Waals surface area contributed by atoms with E-state index in [0.29, 0.717) is 22.5 Å². The number of rotatable bonds is 8. The van der Waals surface area contributed by atoms with Gasteiger partial charge in [0.1, 0.15) is 12.1 Å². The van der Waals surface area contributed by atoms with E-state index in [1.165, 1.54) is 46.4 Å². The van der Waals surface area contributed by atoms with Crippen LogP contribution in [0.5, 0.6) is 5.75 Å². The molecule has 1 heterocycles. The molecule has 3 N–H and O–H groups in total. The first-order valence-corrected chi connectivity index (χ1v) is 13.0. The molecule has 0 aliphatic rings. The molecule has 0 fully saturated rings. The third-order valence-corrected chi connectivity index (χ3v) is 5.77. The second-order valence-electron chi connectivity index (χ2n) is 9.09. The van der Waals surface area contributed by atoms with E-state index in [2.05, 4.69) is 59.1 Å². The van der Waals surface area contributed by atoms with Gasteiger partial charge in [0.25, 0.3) is 0 Å². The van der Waals surface area contributed by atoms with Gasteiger partial charge in [0.2, 0.25) is 0 Å². The molecule has 4 aromatic rings. The van der Waals surface area contributed by atoms with Crippen molar-refractivity contribution < 1.29 is 17.9 Å². The molecule has 206 valence electrons. The summed E-state index contributed by atoms with van der Waals surface area (Å²) in [5.41, 5.74) is 10.4. The Hall–Kier alpha value is -3.92. The summed E-state index contributed by atoms with van der Waals surface area (Å²) in [6.45, 7) is 6.43. The summed E-state index contributed by atoms with van der Waals surface area (Å²) in [6, 6.07) is 21.6. The van der Waals surface area contributed by atoms with Crippen LogP contribution in [0.25, 0.3) is 17.1 Å². The molecule has 1 aromatic heterocycles. The van der Waals surface area contributed by atoms with E-state index in [0.717, 1.165) is 30.5 Å². The highest BCUT2D eigenvalue weighted by atomic mass is 32.1. The van der Waals surface area contributed by atoms with Gasteiger partial charge in [-0.2, -0.15) is 0 Å². The van der Waals surface area contributed by atoms with Gasteiger partial charge in [-0.25, -0.2) is 9.67 Å². The van der Waals surface area contributed by atoms with Crippen LogP contribution >= 0.6 is 12.2 Å². The predicted molar refractivity (Wildman–Crippen MR) is 153 cm³/mol. The molecule has 4 rings (SSSR count). The predicted octanol–water partition coefficient (Wildman–Crippen LogP) is 7.64. The fourth-order valence-corrected chi connectivity index (χ4v) is 3.92. The Morgan fingerprint density at radius 2 is 1.77 bits per heavy atom. The summed E-state index contributed by atoms with van der Waals surface area (Å²) in [6.07, 6.45) is 0.0902. The number of nitrogens with one attached hydrogen (secondary N) is 1. The van der Waals surface area contributed by atoms with Crippen molar-refractivity contribution in [3.8, 4) is 22.8 Å². The molecular weight excluding hydrogens is 523 g/mol. The lowest BCUT2D eigenvalue weighted by Crippen LogP contribution is -2.19. The molecule has 0 bridgehead atoms. The van der Waals surface area contributed by atoms with Crippen molar-refractivity contribution in [2.24, 2.45) is 5.73 Å². The van der Waals surface area contributed by atoms with Crippen LogP contribution in [0, 0.1) is 0 Å². The normalized spacial score (nSPS) is 11.1. The molecule has 0 radical (unpaired) electrons. The van der Waals surface area contributed by atoms with Gasteiger partial charge in [-0.3, -0.25) is 0 Å². The number of hydrogen-bond acceptors (Lipinski definition) is 4. The van der Waals surface area contributed by atoms with Gasteiger partial charge in [-0.1, -0.05) is 63.6 Å². The zero-order valence-corrected chi connectivity index (χ0v) is 22.9. The van der Waals surface area contributed by atoms with E-state index in [1.54, 1.807) is 0 Å². The van der Waals surface area contributed by atoms with E-state index in [-0.39, 0.29) is 5.75 Å². The molecule has 3 aromatic carbocycles. The van der Waals surface area contributed by atoms with E-state index >= 15 is 0 Å². The number of anilines is 1. The molecule has 6 nitrogen and oxygen atoms in total. The molecule has 39 heavy (non-hydrogen) atoms. The molecule has 0 atom stereocenters. The minimum Gasteiger partial charge on any atom is -0.406 e. The maximum Gasteiger partial charge on any atom is 0.573 e. The van der Waals surface area contributed by atoms with Gasteiger partial charge >= 0.3 is 6.36 Å². The highest BCUT2D eigenvalue weighted by molar-refractivity contribution is 7.80. The number of unbranched alkanes of at least 4 members (excludes halogenated alkanes) is 1. The van der Waals surface area contributed by atoms with Gasteiger partial charge in [-0.05, 0) is 78.5 Å². The average Bonchev–Trinajstić information content (AvgIpc) is 3.38. The van der Waals surface area contributed by atoms with Gasteiger partial charge in [0.05, 0.1) is 5.69 Å². The summed E-state index contributed by atoms with van der Waals surface area (Å²) in [4.78, 5) is 4.31. The minimum absolute atomic E-state index is 0.273. The molecule has 0 saturated heterocycles. The quantitative estimate of drug-likeness (QED) is 0.218. The topological polar surface area (TPSA) is 78.0 Å². The van der Waals surface area contributed by atoms with Crippen molar-refractivity contribution in [1.82, 2.24) is 14.8 Å². The molecule has 0 aliphatic carbocycles. The smallest absolute Gasteiger partial charge is 0.406 e. The number of aromatic nitrogens is 3. The average molecular weight is 556 g/mol. The second-order valence-corrected chi connectivity index (χ2v) is 9.53. The van der Waals surface area contributed by atoms with Crippen LogP contribution in [0.15, 0.2) is 79.1 Å². The van der Waals surface area contributed by atoms with Crippen molar-refractivity contribution in [3.63, 3.8) is 0 Å². The Morgan fingerprint density at radius 3 is 2.41 bits per heavy atom. The Morgan fingerprint density at radius 1 is 1.05 bits per heavy atom. The summed E-state index contributed by atoms with van der Waals surface area (Å²) >= 11 is 4.79. The van der Waals surface area contributed by atoms with Crippen molar-refractivity contribution in [2.75, 3.05) is 5.32 Å². The molecule has 0 spiro atoms. The van der Waals surface area contributed by atoms with Gasteiger partial charge in [0.15, 0.2) is 10.9 Å². The number of nitrogens with zero attached hydrogens (tertiary/aromatic N) is 3. The third-order valence-electron chi connectivity index (χ3n) is 5.67. The number of para-hydroxylation sites is 1. The lowest BCUT2D eigenvalue weighted by molar-refractivity contribution is -0.274. The number of thiocarbonyl (C=S) groups is 1. The summed E-state index contributed by atoms with van der Waals surface area (Å²) in [5.74, 6) is 0.766. The van der Waals surface area contributed by atoms with Gasteiger partial charge < -0.3 is 15.8 Å². The van der Waals surface area contributed by atoms with Crippen LogP contribution in [0.2, 0.25) is 0 Å². The van der Waals surface area contributed by atoms with Crippen LogP contribution in [-0.2, 0) is 6.42 Å². The standard InChI is InChI=1S/C19H18F3N3O.C10H14N2S/c1-2-3-5-14-6-4-7-15(12-14)18-23-13-25(24-18)16-8-10-17(11-9-16)26-19(20,21)22;1-7(2)8-5-3-4-6-9(8)12-10(11)13/h4,6-13H,2-3,5H2,1H3;3-7H,1-2H3,(H3,11,12,13). The van der Waals surface area contributed by atoms with Gasteiger partial charge in [0, 0.05) is 11.3 Å². The third kappa shape index (κ3) is 9.40. The zero-order valence-electron chi connectivity index (χ0n) is 22.1. The largest absolute Gasteiger partial charge is 0.573 e. The Bertz CT molecular complexity index is 1350. The minimum atomic E-state index is -4.70. The van der Waals surface area contributed by atoms with Crippen molar-refractivity contribution >= 4 is 23.0 Å². The Balaban J connectivity index is 0.000000272. The van der Waals surface area contributed by atoms with E-state index in [1.807, 2.05) is 30.3 Å². The number of alkyl halides is 3. The Labute approximate surface area is 232 Å². The number of hydrogen-bond donors (Lipinski definition) is 2. The fraction of sp³-hybridized carbons (Fsp3) is 0.276. The SMILES string of the molecule is CC(C)c1ccccc1NC(N)=S.CCCCc1cccc(-c2ncn(-c3ccc(OC(F)(F)F)cc3)n2)c1. The first-order chi connectivity index (χ1) is 18.6. The highest BCUT2D eigenvalue weighted by Crippen LogP contribution is 2.25. The van der Waals surface area contributed by atoms with Crippen molar-refractivity contribution in [3.05, 3.63) is 90.3 Å². The maximum absolute atomic E-state index is 12.2. The second kappa shape index (κ2) is 13.7. The zero-order chi connectivity index (χ0) is 28.4. The lowest BCUT2D eigenvalue weighted by Gasteiger charge is -2.12. The number of halogens is 3. The number of benzene rings is 3. The summed E-state index contributed by atoms with van der Waals surface area (Å²) in [7, 11) is 0. The van der Waals surface area contributed by atoms with E-state index in [4.69, 9.17) is 18.0 Å². The summed E-state index contributed by atoms with van der Waals surface area (Å²) in [5, 5.41) is 7.70. The molecule has 0 amide bonds. The molecule has 0 saturated carbocycles. The molecule has 10 heteroatoms. The van der Waals surface area contributed by atoms with Crippen LogP contribution in [0.3, 0.4) is 0 Å². The van der Waals surface area contributed by atoms with Crippen LogP contribution < -0.4 is 15.8 Å². The number of ether oxygens (including phenoxy) is 1. The van der Waals surface area contributed by atoms with Gasteiger partial charge in [-0.15, -0.1) is 18.3 Å². The first kappa shape index (κ1) is 29.6. The lowest BCUT2D eigenvalue weighted by atomic mass is 10.0. The summed E-state index contributed by atoms with van der Waals surface area (Å²) < 4.78 is 42.0. The van der Waals surface area contributed by atoms with E-state index < -0.39 is 6.36 Å².